The van der Waals surface area contributed by atoms with E-state index in [0.29, 0.717) is 6.07 Å². The third-order valence-electron chi connectivity index (χ3n) is 2.66. The molecule has 0 bridgehead atoms. The molecule has 0 unspecified atom stereocenters. The molecule has 21 heavy (non-hydrogen) atoms. The van der Waals surface area contributed by atoms with E-state index in [2.05, 4.69) is 0 Å². The predicted octanol–water partition coefficient (Wildman–Crippen LogP) is 2.34. The fourth-order valence-corrected chi connectivity index (χ4v) is 3.01. The van der Waals surface area contributed by atoms with Gasteiger partial charge >= 0.3 is 0 Å². The van der Waals surface area contributed by atoms with E-state index in [1.54, 1.807) is 6.07 Å². The van der Waals surface area contributed by atoms with Crippen LogP contribution in [0.15, 0.2) is 58.3 Å². The summed E-state index contributed by atoms with van der Waals surface area (Å²) in [4.78, 5) is 19.2. The van der Waals surface area contributed by atoms with Gasteiger partial charge in [-0.3, -0.25) is 20.2 Å². The van der Waals surface area contributed by atoms with Crippen molar-refractivity contribution in [2.45, 2.75) is 9.79 Å². The molecular weight excluding hydrogens is 300 g/mol. The van der Waals surface area contributed by atoms with Crippen LogP contribution in [0.1, 0.15) is 0 Å². The molecule has 0 aliphatic carbocycles. The molecule has 0 saturated heterocycles. The van der Waals surface area contributed by atoms with E-state index < -0.39 is 36.0 Å². The van der Waals surface area contributed by atoms with Gasteiger partial charge in [-0.2, -0.15) is 0 Å². The maximum atomic E-state index is 12.3. The van der Waals surface area contributed by atoms with Gasteiger partial charge in [-0.1, -0.05) is 18.2 Å². The van der Waals surface area contributed by atoms with Gasteiger partial charge in [0.15, 0.2) is 0 Å². The fourth-order valence-electron chi connectivity index (χ4n) is 1.67. The SMILES string of the molecule is O=[N+]([O-])c1cc([N+](=O)[O-])cc(S(=O)(=O)c2ccccc2)c1. The molecule has 0 atom stereocenters. The molecule has 2 rings (SSSR count). The Balaban J connectivity index is 2.69. The molecular formula is C12H8N2O6S. The molecule has 0 saturated carbocycles. The zero-order chi connectivity index (χ0) is 15.6. The Labute approximate surface area is 118 Å². The molecule has 2 aromatic rings. The van der Waals surface area contributed by atoms with Gasteiger partial charge in [-0.15, -0.1) is 0 Å². The minimum Gasteiger partial charge on any atom is -0.258 e. The van der Waals surface area contributed by atoms with Crippen molar-refractivity contribution < 1.29 is 18.3 Å². The minimum atomic E-state index is -4.06. The Bertz CT molecular complexity index is 785. The second kappa shape index (κ2) is 5.29. The molecule has 0 radical (unpaired) electrons. The summed E-state index contributed by atoms with van der Waals surface area (Å²) in [7, 11) is -4.06. The molecule has 0 spiro atoms. The Kier molecular flexibility index (Phi) is 3.68. The van der Waals surface area contributed by atoms with Crippen molar-refractivity contribution in [1.29, 1.82) is 0 Å². The molecule has 2 aromatic carbocycles. The smallest absolute Gasteiger partial charge is 0.258 e. The number of hydrogen-bond donors (Lipinski definition) is 0. The van der Waals surface area contributed by atoms with E-state index in [-0.39, 0.29) is 4.90 Å². The Morgan fingerprint density at radius 2 is 1.24 bits per heavy atom. The highest BCUT2D eigenvalue weighted by molar-refractivity contribution is 7.91. The first-order chi connectivity index (χ1) is 9.82. The van der Waals surface area contributed by atoms with Gasteiger partial charge < -0.3 is 0 Å². The lowest BCUT2D eigenvalue weighted by Gasteiger charge is -2.04. The van der Waals surface area contributed by atoms with Crippen molar-refractivity contribution in [3.8, 4) is 0 Å². The summed E-state index contributed by atoms with van der Waals surface area (Å²) in [6.07, 6.45) is 0. The number of rotatable bonds is 4. The topological polar surface area (TPSA) is 120 Å². The van der Waals surface area contributed by atoms with Crippen LogP contribution in [0.2, 0.25) is 0 Å². The number of nitrogens with zero attached hydrogens (tertiary/aromatic N) is 2. The van der Waals surface area contributed by atoms with Crippen LogP contribution in [-0.2, 0) is 9.84 Å². The summed E-state index contributed by atoms with van der Waals surface area (Å²) in [5, 5.41) is 21.6. The van der Waals surface area contributed by atoms with Crippen molar-refractivity contribution >= 4 is 21.2 Å². The second-order valence-corrected chi connectivity index (χ2v) is 5.97. The van der Waals surface area contributed by atoms with Crippen LogP contribution in [0.5, 0.6) is 0 Å². The molecule has 108 valence electrons. The molecule has 0 N–H and O–H groups in total. The van der Waals surface area contributed by atoms with Crippen molar-refractivity contribution in [2.75, 3.05) is 0 Å². The zero-order valence-corrected chi connectivity index (χ0v) is 11.2. The molecule has 8 nitrogen and oxygen atoms in total. The van der Waals surface area contributed by atoms with Crippen LogP contribution in [0, 0.1) is 20.2 Å². The van der Waals surface area contributed by atoms with Crippen molar-refractivity contribution in [3.63, 3.8) is 0 Å². The van der Waals surface area contributed by atoms with Crippen LogP contribution < -0.4 is 0 Å². The number of nitro groups is 2. The number of non-ortho nitro benzene ring substituents is 2. The lowest BCUT2D eigenvalue weighted by atomic mass is 10.3. The van der Waals surface area contributed by atoms with Crippen LogP contribution in [0.4, 0.5) is 11.4 Å². The second-order valence-electron chi connectivity index (χ2n) is 4.02. The van der Waals surface area contributed by atoms with Crippen LogP contribution in [-0.4, -0.2) is 18.3 Å². The summed E-state index contributed by atoms with van der Waals surface area (Å²) in [5.41, 5.74) is -1.31. The predicted molar refractivity (Wildman–Crippen MR) is 71.6 cm³/mol. The van der Waals surface area contributed by atoms with Crippen LogP contribution in [0.3, 0.4) is 0 Å². The van der Waals surface area contributed by atoms with E-state index in [4.69, 9.17) is 0 Å². The van der Waals surface area contributed by atoms with Crippen molar-refractivity contribution in [1.82, 2.24) is 0 Å². The average molecular weight is 308 g/mol. The summed E-state index contributed by atoms with van der Waals surface area (Å²) >= 11 is 0. The normalized spacial score (nSPS) is 11.0. The number of benzene rings is 2. The van der Waals surface area contributed by atoms with Gasteiger partial charge in [0.1, 0.15) is 0 Å². The lowest BCUT2D eigenvalue weighted by Crippen LogP contribution is -2.04. The van der Waals surface area contributed by atoms with Gasteiger partial charge in [0, 0.05) is 12.1 Å². The Morgan fingerprint density at radius 1 is 0.762 bits per heavy atom. The maximum absolute atomic E-state index is 12.3. The van der Waals surface area contributed by atoms with E-state index in [1.165, 1.54) is 24.3 Å². The van der Waals surface area contributed by atoms with Gasteiger partial charge in [0.25, 0.3) is 11.4 Å². The minimum absolute atomic E-state index is 0.0974. The highest BCUT2D eigenvalue weighted by atomic mass is 32.2. The first kappa shape index (κ1) is 14.6. The largest absolute Gasteiger partial charge is 0.277 e. The molecule has 0 aromatic heterocycles. The van der Waals surface area contributed by atoms with Crippen LogP contribution >= 0.6 is 0 Å². The first-order valence-electron chi connectivity index (χ1n) is 5.56. The fraction of sp³-hybridized carbons (Fsp3) is 0. The molecule has 0 aliphatic rings. The third-order valence-corrected chi connectivity index (χ3v) is 4.41. The molecule has 0 aliphatic heterocycles. The summed E-state index contributed by atoms with van der Waals surface area (Å²) < 4.78 is 24.7. The monoisotopic (exact) mass is 308 g/mol. The summed E-state index contributed by atoms with van der Waals surface area (Å²) in [6.45, 7) is 0. The Morgan fingerprint density at radius 3 is 1.67 bits per heavy atom. The molecule has 0 fully saturated rings. The zero-order valence-electron chi connectivity index (χ0n) is 10.4. The van der Waals surface area contributed by atoms with Crippen molar-refractivity contribution in [2.24, 2.45) is 0 Å². The number of sulfone groups is 1. The quantitative estimate of drug-likeness (QED) is 0.631. The Hall–Kier alpha value is -2.81. The average Bonchev–Trinajstić information content (AvgIpc) is 2.47. The third kappa shape index (κ3) is 2.87. The van der Waals surface area contributed by atoms with Gasteiger partial charge in [0.05, 0.1) is 25.7 Å². The first-order valence-corrected chi connectivity index (χ1v) is 7.04. The number of nitro benzene ring substituents is 2. The number of hydrogen-bond acceptors (Lipinski definition) is 6. The van der Waals surface area contributed by atoms with E-state index in [9.17, 15) is 28.6 Å². The summed E-state index contributed by atoms with van der Waals surface area (Å²) in [6, 6.07) is 9.50. The highest BCUT2D eigenvalue weighted by Crippen LogP contribution is 2.29. The standard InChI is InChI=1S/C12H8N2O6S/c15-13(16)9-6-10(14(17)18)8-12(7-9)21(19,20)11-4-2-1-3-5-11/h1-8H. The van der Waals surface area contributed by atoms with Gasteiger partial charge in [0.2, 0.25) is 9.84 Å². The van der Waals surface area contributed by atoms with E-state index in [0.717, 1.165) is 12.1 Å². The van der Waals surface area contributed by atoms with Crippen molar-refractivity contribution in [3.05, 3.63) is 68.8 Å². The highest BCUT2D eigenvalue weighted by Gasteiger charge is 2.25. The molecule has 0 heterocycles. The lowest BCUT2D eigenvalue weighted by molar-refractivity contribution is -0.394. The molecule has 9 heteroatoms. The summed E-state index contributed by atoms with van der Waals surface area (Å²) in [5.74, 6) is 0. The van der Waals surface area contributed by atoms with E-state index >= 15 is 0 Å². The van der Waals surface area contributed by atoms with Gasteiger partial charge in [-0.05, 0) is 12.1 Å². The van der Waals surface area contributed by atoms with E-state index in [1.807, 2.05) is 0 Å². The maximum Gasteiger partial charge on any atom is 0.277 e. The van der Waals surface area contributed by atoms with Gasteiger partial charge in [-0.25, -0.2) is 8.42 Å². The molecule has 0 amide bonds. The van der Waals surface area contributed by atoms with Crippen LogP contribution in [0.25, 0.3) is 0 Å².